The molecule has 0 spiro atoms. The molecule has 0 saturated carbocycles. The van der Waals surface area contributed by atoms with Gasteiger partial charge >= 0.3 is 5.97 Å². The molecular formula is C18H34N4O6. The molecule has 0 heterocycles. The van der Waals surface area contributed by atoms with E-state index in [0.29, 0.717) is 12.8 Å². The van der Waals surface area contributed by atoms with E-state index in [1.165, 1.54) is 6.92 Å². The summed E-state index contributed by atoms with van der Waals surface area (Å²) in [5.41, 5.74) is 5.75. The van der Waals surface area contributed by atoms with Gasteiger partial charge < -0.3 is 31.9 Å². The molecule has 0 bridgehead atoms. The minimum Gasteiger partial charge on any atom is -0.480 e. The van der Waals surface area contributed by atoms with Crippen molar-refractivity contribution >= 4 is 23.7 Å². The van der Waals surface area contributed by atoms with Crippen LogP contribution in [0.15, 0.2) is 0 Å². The average molecular weight is 402 g/mol. The lowest BCUT2D eigenvalue weighted by Crippen LogP contribution is -2.57. The van der Waals surface area contributed by atoms with Crippen molar-refractivity contribution in [3.63, 3.8) is 0 Å². The Morgan fingerprint density at radius 2 is 1.50 bits per heavy atom. The Hall–Kier alpha value is -2.20. The molecule has 10 heteroatoms. The Balaban J connectivity index is 4.84. The topological polar surface area (TPSA) is 171 Å². The van der Waals surface area contributed by atoms with Crippen LogP contribution < -0.4 is 21.7 Å². The van der Waals surface area contributed by atoms with Crippen LogP contribution in [0.2, 0.25) is 0 Å². The first-order valence-electron chi connectivity index (χ1n) is 9.44. The van der Waals surface area contributed by atoms with E-state index in [1.54, 1.807) is 13.8 Å². The van der Waals surface area contributed by atoms with Gasteiger partial charge in [-0.25, -0.2) is 4.79 Å². The lowest BCUT2D eigenvalue weighted by atomic mass is 9.99. The number of nitrogens with two attached hydrogens (primary N) is 1. The van der Waals surface area contributed by atoms with E-state index in [4.69, 9.17) is 5.73 Å². The highest BCUT2D eigenvalue weighted by Gasteiger charge is 2.29. The van der Waals surface area contributed by atoms with Crippen molar-refractivity contribution in [2.75, 3.05) is 6.61 Å². The second-order valence-electron chi connectivity index (χ2n) is 7.42. The van der Waals surface area contributed by atoms with E-state index < -0.39 is 54.5 Å². The van der Waals surface area contributed by atoms with Crippen molar-refractivity contribution in [2.24, 2.45) is 17.6 Å². The van der Waals surface area contributed by atoms with Crippen molar-refractivity contribution in [3.8, 4) is 0 Å². The summed E-state index contributed by atoms with van der Waals surface area (Å²) in [5, 5.41) is 25.7. The number of aliphatic carboxylic acids is 1. The Morgan fingerprint density at radius 1 is 0.929 bits per heavy atom. The summed E-state index contributed by atoms with van der Waals surface area (Å²) >= 11 is 0. The molecule has 0 rings (SSSR count). The van der Waals surface area contributed by atoms with Gasteiger partial charge in [-0.05, 0) is 25.2 Å². The number of hydrogen-bond donors (Lipinski definition) is 6. The van der Waals surface area contributed by atoms with Crippen molar-refractivity contribution in [1.29, 1.82) is 0 Å². The molecule has 0 aromatic rings. The zero-order valence-electron chi connectivity index (χ0n) is 17.2. The van der Waals surface area contributed by atoms with E-state index in [1.807, 2.05) is 13.8 Å². The molecule has 0 saturated heterocycles. The molecular weight excluding hydrogens is 368 g/mol. The van der Waals surface area contributed by atoms with Crippen LogP contribution >= 0.6 is 0 Å². The number of nitrogens with one attached hydrogen (secondary N) is 3. The molecule has 5 unspecified atom stereocenters. The molecule has 162 valence electrons. The number of carbonyl (C=O) groups excluding carboxylic acids is 3. The summed E-state index contributed by atoms with van der Waals surface area (Å²) < 4.78 is 0. The average Bonchev–Trinajstić information content (AvgIpc) is 2.61. The fourth-order valence-corrected chi connectivity index (χ4v) is 2.43. The van der Waals surface area contributed by atoms with Gasteiger partial charge in [0.15, 0.2) is 0 Å². The number of carbonyl (C=O) groups is 4. The molecule has 0 aromatic carbocycles. The molecule has 0 aliphatic carbocycles. The molecule has 3 amide bonds. The molecule has 0 aliphatic heterocycles. The quantitative estimate of drug-likeness (QED) is 0.242. The second-order valence-corrected chi connectivity index (χ2v) is 7.42. The van der Waals surface area contributed by atoms with Gasteiger partial charge in [0.05, 0.1) is 12.6 Å². The van der Waals surface area contributed by atoms with E-state index in [9.17, 15) is 29.4 Å². The summed E-state index contributed by atoms with van der Waals surface area (Å²) in [6.07, 6.45) is 0.962. The van der Waals surface area contributed by atoms with E-state index in [0.717, 1.165) is 0 Å². The predicted octanol–water partition coefficient (Wildman–Crippen LogP) is -1.04. The van der Waals surface area contributed by atoms with Crippen LogP contribution in [0.25, 0.3) is 0 Å². The van der Waals surface area contributed by atoms with E-state index in [-0.39, 0.29) is 11.8 Å². The van der Waals surface area contributed by atoms with Gasteiger partial charge in [0.2, 0.25) is 17.7 Å². The monoisotopic (exact) mass is 402 g/mol. The number of hydrogen-bond acceptors (Lipinski definition) is 6. The zero-order valence-corrected chi connectivity index (χ0v) is 17.2. The SMILES string of the molecule is CCC(C)C(NC(=O)C(C)NC(=O)C(CO)NC(=O)C(N)CC(C)C)C(=O)O. The highest BCUT2D eigenvalue weighted by Crippen LogP contribution is 2.08. The first-order chi connectivity index (χ1) is 12.9. The second kappa shape index (κ2) is 12.3. The van der Waals surface area contributed by atoms with Crippen LogP contribution in [-0.4, -0.2) is 64.7 Å². The largest absolute Gasteiger partial charge is 0.480 e. The Kier molecular flexibility index (Phi) is 11.3. The third-order valence-electron chi connectivity index (χ3n) is 4.41. The molecule has 5 atom stereocenters. The minimum absolute atomic E-state index is 0.179. The van der Waals surface area contributed by atoms with Gasteiger partial charge in [0, 0.05) is 0 Å². The molecule has 7 N–H and O–H groups in total. The molecule has 10 nitrogen and oxygen atoms in total. The summed E-state index contributed by atoms with van der Waals surface area (Å²) in [4.78, 5) is 47.8. The molecule has 28 heavy (non-hydrogen) atoms. The van der Waals surface area contributed by atoms with Crippen LogP contribution in [0.3, 0.4) is 0 Å². The third-order valence-corrected chi connectivity index (χ3v) is 4.41. The highest BCUT2D eigenvalue weighted by molar-refractivity contribution is 5.94. The number of aliphatic hydroxyl groups excluding tert-OH is 1. The van der Waals surface area contributed by atoms with Gasteiger partial charge in [-0.3, -0.25) is 14.4 Å². The van der Waals surface area contributed by atoms with Crippen molar-refractivity contribution < 1.29 is 29.4 Å². The molecule has 0 aliphatic rings. The maximum atomic E-state index is 12.3. The van der Waals surface area contributed by atoms with Gasteiger partial charge in [0.1, 0.15) is 18.1 Å². The summed E-state index contributed by atoms with van der Waals surface area (Å²) in [6, 6.07) is -4.24. The lowest BCUT2D eigenvalue weighted by Gasteiger charge is -2.24. The van der Waals surface area contributed by atoms with Crippen molar-refractivity contribution in [2.45, 2.75) is 71.6 Å². The Morgan fingerprint density at radius 3 is 1.93 bits per heavy atom. The zero-order chi connectivity index (χ0) is 22.0. The summed E-state index contributed by atoms with van der Waals surface area (Å²) in [7, 11) is 0. The summed E-state index contributed by atoms with van der Waals surface area (Å²) in [5.74, 6) is -3.32. The van der Waals surface area contributed by atoms with E-state index in [2.05, 4.69) is 16.0 Å². The molecule has 0 fully saturated rings. The Bertz CT molecular complexity index is 554. The Labute approximate surface area is 165 Å². The van der Waals surface area contributed by atoms with Crippen molar-refractivity contribution in [1.82, 2.24) is 16.0 Å². The number of rotatable bonds is 12. The standard InChI is InChI=1S/C18H34N4O6/c1-6-10(4)14(18(27)28)22-15(24)11(5)20-17(26)13(8-23)21-16(25)12(19)7-9(2)3/h9-14,23H,6-8,19H2,1-5H3,(H,20,26)(H,21,25)(H,22,24)(H,27,28). The van der Waals surface area contributed by atoms with Crippen LogP contribution in [0.1, 0.15) is 47.5 Å². The fourth-order valence-electron chi connectivity index (χ4n) is 2.43. The normalized spacial score (nSPS) is 16.4. The third kappa shape index (κ3) is 8.66. The molecule has 0 aromatic heterocycles. The molecule has 0 radical (unpaired) electrons. The smallest absolute Gasteiger partial charge is 0.326 e. The van der Waals surface area contributed by atoms with Crippen LogP contribution in [0.4, 0.5) is 0 Å². The maximum absolute atomic E-state index is 12.3. The lowest BCUT2D eigenvalue weighted by molar-refractivity contribution is -0.143. The number of carboxylic acids is 1. The first kappa shape index (κ1) is 25.8. The van der Waals surface area contributed by atoms with Gasteiger partial charge in [-0.1, -0.05) is 34.1 Å². The predicted molar refractivity (Wildman–Crippen MR) is 103 cm³/mol. The van der Waals surface area contributed by atoms with Crippen LogP contribution in [-0.2, 0) is 19.2 Å². The minimum atomic E-state index is -1.27. The van der Waals surface area contributed by atoms with E-state index >= 15 is 0 Å². The van der Waals surface area contributed by atoms with Gasteiger partial charge in [0.25, 0.3) is 0 Å². The highest BCUT2D eigenvalue weighted by atomic mass is 16.4. The number of carboxylic acid groups (broad SMARTS) is 1. The van der Waals surface area contributed by atoms with Crippen LogP contribution in [0.5, 0.6) is 0 Å². The van der Waals surface area contributed by atoms with Gasteiger partial charge in [-0.15, -0.1) is 0 Å². The van der Waals surface area contributed by atoms with Crippen LogP contribution in [0, 0.1) is 11.8 Å². The fraction of sp³-hybridized carbons (Fsp3) is 0.778. The van der Waals surface area contributed by atoms with Gasteiger partial charge in [-0.2, -0.15) is 0 Å². The van der Waals surface area contributed by atoms with Crippen molar-refractivity contribution in [3.05, 3.63) is 0 Å². The summed E-state index contributed by atoms with van der Waals surface area (Å²) in [6.45, 7) is 7.99. The number of aliphatic hydroxyl groups is 1. The maximum Gasteiger partial charge on any atom is 0.326 e. The number of amides is 3. The first-order valence-corrected chi connectivity index (χ1v) is 9.44.